The van der Waals surface area contributed by atoms with Gasteiger partial charge in [0.05, 0.1) is 10.6 Å². The van der Waals surface area contributed by atoms with Gasteiger partial charge in [-0.05, 0) is 36.6 Å². The van der Waals surface area contributed by atoms with Gasteiger partial charge >= 0.3 is 0 Å². The summed E-state index contributed by atoms with van der Waals surface area (Å²) in [5, 5.41) is 12.7. The van der Waals surface area contributed by atoms with Crippen LogP contribution in [0.2, 0.25) is 5.02 Å². The van der Waals surface area contributed by atoms with E-state index in [4.69, 9.17) is 16.9 Å². The third kappa shape index (κ3) is 1.75. The summed E-state index contributed by atoms with van der Waals surface area (Å²) in [4.78, 5) is 0. The fourth-order valence-corrected chi connectivity index (χ4v) is 1.98. The highest BCUT2D eigenvalue weighted by Gasteiger charge is 2.17. The van der Waals surface area contributed by atoms with Gasteiger partial charge in [0.15, 0.2) is 0 Å². The second-order valence-corrected chi connectivity index (χ2v) is 3.95. The zero-order chi connectivity index (χ0) is 9.97. The molecule has 1 saturated heterocycles. The first-order valence-corrected chi connectivity index (χ1v) is 5.09. The van der Waals surface area contributed by atoms with Crippen LogP contribution < -0.4 is 5.32 Å². The summed E-state index contributed by atoms with van der Waals surface area (Å²) < 4.78 is 0. The van der Waals surface area contributed by atoms with Crippen LogP contribution in [0.25, 0.3) is 0 Å². The van der Waals surface area contributed by atoms with Crippen molar-refractivity contribution in [3.63, 3.8) is 0 Å². The molecule has 3 heteroatoms. The maximum Gasteiger partial charge on any atom is 0.101 e. The van der Waals surface area contributed by atoms with Crippen molar-refractivity contribution in [3.8, 4) is 6.07 Å². The van der Waals surface area contributed by atoms with Crippen LogP contribution in [0.15, 0.2) is 18.2 Å². The molecule has 0 radical (unpaired) electrons. The predicted octanol–water partition coefficient (Wildman–Crippen LogP) is 2.29. The monoisotopic (exact) mass is 206 g/mol. The van der Waals surface area contributed by atoms with E-state index in [-0.39, 0.29) is 0 Å². The highest BCUT2D eigenvalue weighted by Crippen LogP contribution is 2.25. The van der Waals surface area contributed by atoms with Crippen LogP contribution in [0.5, 0.6) is 0 Å². The molecule has 0 spiro atoms. The van der Waals surface area contributed by atoms with Crippen LogP contribution >= 0.6 is 11.6 Å². The maximum atomic E-state index is 8.84. The SMILES string of the molecule is N#Cc1cc(C2CCNC2)ccc1Cl. The molecule has 0 amide bonds. The summed E-state index contributed by atoms with van der Waals surface area (Å²) in [6.45, 7) is 2.07. The van der Waals surface area contributed by atoms with Crippen molar-refractivity contribution >= 4 is 11.6 Å². The quantitative estimate of drug-likeness (QED) is 0.766. The second kappa shape index (κ2) is 4.00. The van der Waals surface area contributed by atoms with E-state index < -0.39 is 0 Å². The number of nitrogens with zero attached hydrogens (tertiary/aromatic N) is 1. The van der Waals surface area contributed by atoms with E-state index in [1.807, 2.05) is 18.2 Å². The maximum absolute atomic E-state index is 8.84. The van der Waals surface area contributed by atoms with E-state index in [0.29, 0.717) is 16.5 Å². The second-order valence-electron chi connectivity index (χ2n) is 3.54. The standard InChI is InChI=1S/C11H11ClN2/c12-11-2-1-8(5-10(11)6-13)9-3-4-14-7-9/h1-2,5,9,14H,3-4,7H2. The molecule has 1 N–H and O–H groups in total. The van der Waals surface area contributed by atoms with Gasteiger partial charge in [-0.2, -0.15) is 5.26 Å². The van der Waals surface area contributed by atoms with Gasteiger partial charge in [0.25, 0.3) is 0 Å². The molecule has 0 aromatic heterocycles. The Balaban J connectivity index is 2.31. The van der Waals surface area contributed by atoms with Crippen molar-refractivity contribution < 1.29 is 0 Å². The lowest BCUT2D eigenvalue weighted by molar-refractivity contribution is 0.763. The summed E-state index contributed by atoms with van der Waals surface area (Å²) in [7, 11) is 0. The van der Waals surface area contributed by atoms with Crippen LogP contribution in [0, 0.1) is 11.3 Å². The lowest BCUT2D eigenvalue weighted by atomic mass is 9.97. The van der Waals surface area contributed by atoms with E-state index in [1.165, 1.54) is 5.56 Å². The number of nitrogens with one attached hydrogen (secondary N) is 1. The number of benzene rings is 1. The zero-order valence-corrected chi connectivity index (χ0v) is 8.51. The molecule has 1 aromatic rings. The highest BCUT2D eigenvalue weighted by atomic mass is 35.5. The lowest BCUT2D eigenvalue weighted by Crippen LogP contribution is -2.08. The summed E-state index contributed by atoms with van der Waals surface area (Å²) in [5.74, 6) is 0.541. The molecule has 14 heavy (non-hydrogen) atoms. The molecular weight excluding hydrogens is 196 g/mol. The molecule has 72 valence electrons. The van der Waals surface area contributed by atoms with Crippen molar-refractivity contribution in [1.29, 1.82) is 5.26 Å². The lowest BCUT2D eigenvalue weighted by Gasteiger charge is -2.09. The van der Waals surface area contributed by atoms with Gasteiger partial charge < -0.3 is 5.32 Å². The first-order chi connectivity index (χ1) is 6.81. The minimum absolute atomic E-state index is 0.541. The fourth-order valence-electron chi connectivity index (χ4n) is 1.82. The van der Waals surface area contributed by atoms with Gasteiger partial charge in [-0.1, -0.05) is 17.7 Å². The average Bonchev–Trinajstić information content (AvgIpc) is 2.71. The molecule has 1 aliphatic rings. The third-order valence-electron chi connectivity index (χ3n) is 2.64. The third-order valence-corrected chi connectivity index (χ3v) is 2.97. The van der Waals surface area contributed by atoms with Gasteiger partial charge in [-0.3, -0.25) is 0 Å². The smallest absolute Gasteiger partial charge is 0.101 e. The Kier molecular flexibility index (Phi) is 2.72. The number of halogens is 1. The van der Waals surface area contributed by atoms with Crippen LogP contribution in [0.1, 0.15) is 23.5 Å². The van der Waals surface area contributed by atoms with Crippen molar-refractivity contribution in [2.45, 2.75) is 12.3 Å². The molecular formula is C11H11ClN2. The number of hydrogen-bond acceptors (Lipinski definition) is 2. The summed E-state index contributed by atoms with van der Waals surface area (Å²) in [5.41, 5.74) is 1.80. The largest absolute Gasteiger partial charge is 0.316 e. The van der Waals surface area contributed by atoms with E-state index in [2.05, 4.69) is 11.4 Å². The normalized spacial score (nSPS) is 20.7. The van der Waals surface area contributed by atoms with Crippen LogP contribution in [0.4, 0.5) is 0 Å². The minimum Gasteiger partial charge on any atom is -0.316 e. The van der Waals surface area contributed by atoms with Gasteiger partial charge in [0.1, 0.15) is 6.07 Å². The number of rotatable bonds is 1. The molecule has 1 aliphatic heterocycles. The van der Waals surface area contributed by atoms with Crippen LogP contribution in [-0.2, 0) is 0 Å². The van der Waals surface area contributed by atoms with Crippen molar-refractivity contribution in [2.24, 2.45) is 0 Å². The predicted molar refractivity (Wildman–Crippen MR) is 56.4 cm³/mol. The molecule has 0 aliphatic carbocycles. The molecule has 1 aromatic carbocycles. The van der Waals surface area contributed by atoms with E-state index in [9.17, 15) is 0 Å². The molecule has 2 nitrogen and oxygen atoms in total. The van der Waals surface area contributed by atoms with E-state index in [1.54, 1.807) is 0 Å². The molecule has 1 heterocycles. The molecule has 0 bridgehead atoms. The van der Waals surface area contributed by atoms with Gasteiger partial charge in [-0.25, -0.2) is 0 Å². The van der Waals surface area contributed by atoms with Crippen molar-refractivity contribution in [2.75, 3.05) is 13.1 Å². The molecule has 1 fully saturated rings. The van der Waals surface area contributed by atoms with Gasteiger partial charge in [0.2, 0.25) is 0 Å². The van der Waals surface area contributed by atoms with Gasteiger partial charge in [-0.15, -0.1) is 0 Å². The van der Waals surface area contributed by atoms with Crippen molar-refractivity contribution in [1.82, 2.24) is 5.32 Å². The van der Waals surface area contributed by atoms with E-state index >= 15 is 0 Å². The number of hydrogen-bond donors (Lipinski definition) is 1. The van der Waals surface area contributed by atoms with Gasteiger partial charge in [0, 0.05) is 6.54 Å². The minimum atomic E-state index is 0.541. The summed E-state index contributed by atoms with van der Waals surface area (Å²) >= 11 is 5.86. The first kappa shape index (κ1) is 9.51. The Morgan fingerprint density at radius 3 is 3.00 bits per heavy atom. The van der Waals surface area contributed by atoms with E-state index in [0.717, 1.165) is 19.5 Å². The van der Waals surface area contributed by atoms with Crippen molar-refractivity contribution in [3.05, 3.63) is 34.3 Å². The fraction of sp³-hybridized carbons (Fsp3) is 0.364. The first-order valence-electron chi connectivity index (χ1n) is 4.71. The molecule has 2 rings (SSSR count). The van der Waals surface area contributed by atoms with Crippen LogP contribution in [-0.4, -0.2) is 13.1 Å². The molecule has 1 atom stereocenters. The zero-order valence-electron chi connectivity index (χ0n) is 7.76. The summed E-state index contributed by atoms with van der Waals surface area (Å²) in [6.07, 6.45) is 1.15. The summed E-state index contributed by atoms with van der Waals surface area (Å²) in [6, 6.07) is 7.84. The Morgan fingerprint density at radius 2 is 2.36 bits per heavy atom. The molecule has 1 unspecified atom stereocenters. The number of nitriles is 1. The average molecular weight is 207 g/mol. The molecule has 0 saturated carbocycles. The Bertz CT molecular complexity index is 375. The highest BCUT2D eigenvalue weighted by molar-refractivity contribution is 6.31. The topological polar surface area (TPSA) is 35.8 Å². The Morgan fingerprint density at radius 1 is 1.50 bits per heavy atom. The van der Waals surface area contributed by atoms with Crippen LogP contribution in [0.3, 0.4) is 0 Å². The Hall–Kier alpha value is -1.04. The Labute approximate surface area is 88.5 Å².